The second-order valence-electron chi connectivity index (χ2n) is 7.53. The molecule has 0 amide bonds. The summed E-state index contributed by atoms with van der Waals surface area (Å²) >= 11 is 1.19. The van der Waals surface area contributed by atoms with Gasteiger partial charge >= 0.3 is 12.6 Å². The molecule has 0 spiro atoms. The maximum absolute atomic E-state index is 13.6. The van der Waals surface area contributed by atoms with Crippen molar-refractivity contribution in [1.82, 2.24) is 4.57 Å². The fourth-order valence-corrected chi connectivity index (χ4v) is 4.87. The molecule has 10 heteroatoms. The Morgan fingerprint density at radius 2 is 1.94 bits per heavy atom. The third-order valence-corrected chi connectivity index (χ3v) is 6.31. The highest BCUT2D eigenvalue weighted by Crippen LogP contribution is 2.31. The predicted octanol–water partition coefficient (Wildman–Crippen LogP) is 3.41. The van der Waals surface area contributed by atoms with E-state index in [0.29, 0.717) is 26.3 Å². The molecule has 0 saturated heterocycles. The maximum atomic E-state index is 13.6. The van der Waals surface area contributed by atoms with Gasteiger partial charge in [-0.15, -0.1) is 0 Å². The molecule has 4 rings (SSSR count). The summed E-state index contributed by atoms with van der Waals surface area (Å²) in [5, 5.41) is 0. The number of halogens is 2. The number of esters is 1. The molecule has 1 aromatic heterocycles. The summed E-state index contributed by atoms with van der Waals surface area (Å²) in [5.74, 6) is 0.0113. The SMILES string of the molecule is CCOC(=O)C1=C(C)N=c2sc(=Cc3cccc(OC)c3)c(=O)n2C1c1ccc(OC(F)F)cc1. The van der Waals surface area contributed by atoms with Gasteiger partial charge in [-0.05, 0) is 55.3 Å². The van der Waals surface area contributed by atoms with Crippen molar-refractivity contribution in [2.45, 2.75) is 26.5 Å². The standard InChI is InChI=1S/C25H22F2N2O5S/c1-4-33-23(31)20-14(2)28-25-29(21(20)16-8-10-17(11-9-16)34-24(26)27)22(30)19(35-25)13-15-6-5-7-18(12-15)32-3/h5-13,21,24H,4H2,1-3H3. The van der Waals surface area contributed by atoms with Crippen LogP contribution in [0, 0.1) is 0 Å². The quantitative estimate of drug-likeness (QED) is 0.465. The van der Waals surface area contributed by atoms with Crippen molar-refractivity contribution in [3.05, 3.63) is 90.6 Å². The first-order chi connectivity index (χ1) is 16.8. The molecule has 1 unspecified atom stereocenters. The number of ether oxygens (including phenoxy) is 3. The molecular formula is C25H22F2N2O5S. The number of benzene rings is 2. The van der Waals surface area contributed by atoms with Gasteiger partial charge in [0.1, 0.15) is 11.5 Å². The Kier molecular flexibility index (Phi) is 7.11. The minimum absolute atomic E-state index is 0.0347. The van der Waals surface area contributed by atoms with Gasteiger partial charge in [0.15, 0.2) is 4.80 Å². The van der Waals surface area contributed by atoms with Crippen molar-refractivity contribution >= 4 is 23.4 Å². The van der Waals surface area contributed by atoms with Crippen molar-refractivity contribution < 1.29 is 27.8 Å². The smallest absolute Gasteiger partial charge is 0.387 e. The Morgan fingerprint density at radius 3 is 2.60 bits per heavy atom. The predicted molar refractivity (Wildman–Crippen MR) is 126 cm³/mol. The van der Waals surface area contributed by atoms with Crippen LogP contribution in [0.4, 0.5) is 8.78 Å². The van der Waals surface area contributed by atoms with Gasteiger partial charge in [0.25, 0.3) is 5.56 Å². The molecule has 7 nitrogen and oxygen atoms in total. The number of fused-ring (bicyclic) bond motifs is 1. The average Bonchev–Trinajstić information content (AvgIpc) is 3.13. The normalized spacial score (nSPS) is 15.6. The number of allylic oxidation sites excluding steroid dienone is 1. The van der Waals surface area contributed by atoms with E-state index in [2.05, 4.69) is 9.73 Å². The molecule has 1 aliphatic heterocycles. The number of nitrogens with zero attached hydrogens (tertiary/aromatic N) is 2. The van der Waals surface area contributed by atoms with E-state index >= 15 is 0 Å². The molecule has 1 atom stereocenters. The van der Waals surface area contributed by atoms with Crippen molar-refractivity contribution in [1.29, 1.82) is 0 Å². The minimum Gasteiger partial charge on any atom is -0.497 e. The summed E-state index contributed by atoms with van der Waals surface area (Å²) in [6, 6.07) is 12.2. The molecule has 3 aromatic rings. The zero-order valence-corrected chi connectivity index (χ0v) is 20.0. The lowest BCUT2D eigenvalue weighted by atomic mass is 9.96. The third-order valence-electron chi connectivity index (χ3n) is 5.33. The molecule has 0 saturated carbocycles. The second kappa shape index (κ2) is 10.2. The van der Waals surface area contributed by atoms with Gasteiger partial charge in [-0.3, -0.25) is 9.36 Å². The summed E-state index contributed by atoms with van der Waals surface area (Å²) < 4.78 is 42.0. The van der Waals surface area contributed by atoms with Gasteiger partial charge in [-0.1, -0.05) is 35.6 Å². The van der Waals surface area contributed by atoms with Gasteiger partial charge < -0.3 is 14.2 Å². The number of hydrogen-bond donors (Lipinski definition) is 0. The lowest BCUT2D eigenvalue weighted by Crippen LogP contribution is -2.39. The molecule has 2 aromatic carbocycles. The van der Waals surface area contributed by atoms with E-state index in [1.54, 1.807) is 51.3 Å². The average molecular weight is 501 g/mol. The molecule has 1 aliphatic rings. The summed E-state index contributed by atoms with van der Waals surface area (Å²) in [5.41, 5.74) is 1.56. The summed E-state index contributed by atoms with van der Waals surface area (Å²) in [4.78, 5) is 31.4. The number of rotatable bonds is 7. The first-order valence-electron chi connectivity index (χ1n) is 10.7. The van der Waals surface area contributed by atoms with Crippen LogP contribution in [0.3, 0.4) is 0 Å². The van der Waals surface area contributed by atoms with Crippen LogP contribution in [0.1, 0.15) is 31.0 Å². The number of alkyl halides is 2. The van der Waals surface area contributed by atoms with Gasteiger partial charge in [0.2, 0.25) is 0 Å². The van der Waals surface area contributed by atoms with E-state index in [1.807, 2.05) is 12.1 Å². The topological polar surface area (TPSA) is 79.1 Å². The lowest BCUT2D eigenvalue weighted by Gasteiger charge is -2.24. The number of aromatic nitrogens is 1. The molecule has 0 fully saturated rings. The molecule has 182 valence electrons. The second-order valence-corrected chi connectivity index (χ2v) is 8.54. The van der Waals surface area contributed by atoms with Crippen LogP contribution in [0.15, 0.2) is 69.6 Å². The van der Waals surface area contributed by atoms with Crippen LogP contribution in [-0.2, 0) is 9.53 Å². The number of carbonyl (C=O) groups excluding carboxylic acids is 1. The van der Waals surface area contributed by atoms with Crippen LogP contribution >= 0.6 is 11.3 Å². The van der Waals surface area contributed by atoms with Crippen LogP contribution in [0.2, 0.25) is 0 Å². The zero-order valence-electron chi connectivity index (χ0n) is 19.2. The summed E-state index contributed by atoms with van der Waals surface area (Å²) in [7, 11) is 1.56. The largest absolute Gasteiger partial charge is 0.497 e. The molecule has 2 heterocycles. The van der Waals surface area contributed by atoms with Crippen molar-refractivity contribution in [3.63, 3.8) is 0 Å². The molecule has 0 N–H and O–H groups in total. The minimum atomic E-state index is -2.97. The fourth-order valence-electron chi connectivity index (χ4n) is 3.82. The highest BCUT2D eigenvalue weighted by molar-refractivity contribution is 7.07. The van der Waals surface area contributed by atoms with Gasteiger partial charge in [-0.2, -0.15) is 8.78 Å². The Hall–Kier alpha value is -3.79. The van der Waals surface area contributed by atoms with Crippen LogP contribution in [-0.4, -0.2) is 30.9 Å². The number of methoxy groups -OCH3 is 1. The van der Waals surface area contributed by atoms with E-state index in [4.69, 9.17) is 9.47 Å². The van der Waals surface area contributed by atoms with Crippen LogP contribution < -0.4 is 24.4 Å². The van der Waals surface area contributed by atoms with E-state index in [0.717, 1.165) is 5.56 Å². The zero-order chi connectivity index (χ0) is 25.1. The Labute approximate surface area is 203 Å². The number of carbonyl (C=O) groups is 1. The number of thiazole rings is 1. The maximum Gasteiger partial charge on any atom is 0.387 e. The summed E-state index contributed by atoms with van der Waals surface area (Å²) in [6.07, 6.45) is 1.73. The highest BCUT2D eigenvalue weighted by atomic mass is 32.1. The van der Waals surface area contributed by atoms with Crippen molar-refractivity contribution in [3.8, 4) is 11.5 Å². The fraction of sp³-hybridized carbons (Fsp3) is 0.240. The van der Waals surface area contributed by atoms with Crippen molar-refractivity contribution in [2.24, 2.45) is 4.99 Å². The Bertz CT molecular complexity index is 1460. The molecule has 35 heavy (non-hydrogen) atoms. The molecular weight excluding hydrogens is 478 g/mol. The molecule has 0 aliphatic carbocycles. The van der Waals surface area contributed by atoms with Gasteiger partial charge in [0.05, 0.1) is 35.6 Å². The monoisotopic (exact) mass is 500 g/mol. The Morgan fingerprint density at radius 1 is 1.20 bits per heavy atom. The van der Waals surface area contributed by atoms with Gasteiger partial charge in [-0.25, -0.2) is 9.79 Å². The van der Waals surface area contributed by atoms with E-state index in [-0.39, 0.29) is 23.5 Å². The number of hydrogen-bond acceptors (Lipinski definition) is 7. The van der Waals surface area contributed by atoms with Crippen molar-refractivity contribution in [2.75, 3.05) is 13.7 Å². The third kappa shape index (κ3) is 5.02. The lowest BCUT2D eigenvalue weighted by molar-refractivity contribution is -0.139. The molecule has 0 bridgehead atoms. The summed E-state index contributed by atoms with van der Waals surface area (Å²) in [6.45, 7) is 0.534. The van der Waals surface area contributed by atoms with Gasteiger partial charge in [0, 0.05) is 0 Å². The molecule has 0 radical (unpaired) electrons. The van der Waals surface area contributed by atoms with E-state index in [1.165, 1.54) is 28.0 Å². The van der Waals surface area contributed by atoms with Crippen LogP contribution in [0.25, 0.3) is 6.08 Å². The van der Waals surface area contributed by atoms with Crippen LogP contribution in [0.5, 0.6) is 11.5 Å². The first kappa shape index (κ1) is 24.3. The van der Waals surface area contributed by atoms with E-state index < -0.39 is 18.6 Å². The Balaban J connectivity index is 1.89. The first-order valence-corrected chi connectivity index (χ1v) is 11.5. The highest BCUT2D eigenvalue weighted by Gasteiger charge is 2.33. The van der Waals surface area contributed by atoms with E-state index in [9.17, 15) is 18.4 Å².